The molecule has 0 fully saturated rings. The summed E-state index contributed by atoms with van der Waals surface area (Å²) in [6, 6.07) is 9.70. The second-order valence-corrected chi connectivity index (χ2v) is 7.83. The number of para-hydroxylation sites is 1. The lowest BCUT2D eigenvalue weighted by atomic mass is 10.2. The maximum absolute atomic E-state index is 12.1. The van der Waals surface area contributed by atoms with E-state index in [0.29, 0.717) is 0 Å². The van der Waals surface area contributed by atoms with E-state index in [-0.39, 0.29) is 21.7 Å². The molecule has 2 aromatic rings. The van der Waals surface area contributed by atoms with Crippen molar-refractivity contribution < 1.29 is 9.53 Å². The van der Waals surface area contributed by atoms with Gasteiger partial charge in [-0.3, -0.25) is 0 Å². The van der Waals surface area contributed by atoms with Crippen molar-refractivity contribution >= 4 is 23.4 Å². The smallest absolute Gasteiger partial charge is 0.357 e. The van der Waals surface area contributed by atoms with Gasteiger partial charge in [0.2, 0.25) is 0 Å². The number of nitrogen functional groups attached to an aromatic ring is 1. The van der Waals surface area contributed by atoms with Crippen LogP contribution in [0.25, 0.3) is 5.69 Å². The summed E-state index contributed by atoms with van der Waals surface area (Å²) < 4.78 is 6.45. The van der Waals surface area contributed by atoms with Crippen molar-refractivity contribution in [2.45, 2.75) is 30.4 Å². The van der Waals surface area contributed by atoms with Gasteiger partial charge in [-0.05, 0) is 12.1 Å². The molecule has 6 heteroatoms. The Morgan fingerprint density at radius 2 is 2.00 bits per heavy atom. The number of hydrogen-bond donors (Lipinski definition) is 1. The first kappa shape index (κ1) is 17.0. The molecule has 2 rings (SSSR count). The number of nitriles is 1. The quantitative estimate of drug-likeness (QED) is 0.687. The number of anilines is 1. The summed E-state index contributed by atoms with van der Waals surface area (Å²) >= 11 is 1.68. The van der Waals surface area contributed by atoms with Gasteiger partial charge in [-0.1, -0.05) is 32.9 Å². The lowest BCUT2D eigenvalue weighted by Gasteiger charge is -2.20. The Labute approximate surface area is 140 Å². The first-order chi connectivity index (χ1) is 10.8. The van der Waals surface area contributed by atoms with E-state index in [9.17, 15) is 10.1 Å². The summed E-state index contributed by atoms with van der Waals surface area (Å²) in [4.78, 5) is 13.1. The Bertz CT molecular complexity index is 782. The Morgan fingerprint density at radius 3 is 2.57 bits per heavy atom. The van der Waals surface area contributed by atoms with Gasteiger partial charge in [-0.15, -0.1) is 11.8 Å². The van der Waals surface area contributed by atoms with E-state index < -0.39 is 5.97 Å². The van der Waals surface area contributed by atoms with Crippen LogP contribution in [0.4, 0.5) is 5.69 Å². The van der Waals surface area contributed by atoms with Crippen LogP contribution in [0.1, 0.15) is 36.8 Å². The van der Waals surface area contributed by atoms with Gasteiger partial charge in [0.1, 0.15) is 6.07 Å². The number of carbonyl (C=O) groups excluding carboxylic acids is 1. The molecule has 0 saturated heterocycles. The minimum atomic E-state index is -0.570. The molecule has 0 aliphatic heterocycles. The summed E-state index contributed by atoms with van der Waals surface area (Å²) in [7, 11) is 1.29. The lowest BCUT2D eigenvalue weighted by Crippen LogP contribution is -2.13. The van der Waals surface area contributed by atoms with Crippen LogP contribution < -0.4 is 5.73 Å². The summed E-state index contributed by atoms with van der Waals surface area (Å²) in [5.41, 5.74) is 7.30. The minimum absolute atomic E-state index is 0.00170. The van der Waals surface area contributed by atoms with Gasteiger partial charge in [-0.25, -0.2) is 4.79 Å². The summed E-state index contributed by atoms with van der Waals surface area (Å²) in [6.07, 6.45) is 1.57. The second kappa shape index (κ2) is 6.39. The number of hydrogen-bond acceptors (Lipinski definition) is 5. The van der Waals surface area contributed by atoms with Crippen LogP contribution in [-0.4, -0.2) is 22.4 Å². The fourth-order valence-electron chi connectivity index (χ4n) is 2.18. The second-order valence-electron chi connectivity index (χ2n) is 5.96. The Hall–Kier alpha value is -2.39. The number of benzene rings is 1. The van der Waals surface area contributed by atoms with Crippen LogP contribution >= 0.6 is 11.8 Å². The highest BCUT2D eigenvalue weighted by Gasteiger charge is 2.24. The van der Waals surface area contributed by atoms with Crippen LogP contribution in [0.15, 0.2) is 35.4 Å². The highest BCUT2D eigenvalue weighted by molar-refractivity contribution is 8.00. The molecular weight excluding hydrogens is 310 g/mol. The molecule has 1 heterocycles. The molecule has 0 radical (unpaired) electrons. The van der Waals surface area contributed by atoms with Crippen molar-refractivity contribution in [3.05, 3.63) is 41.7 Å². The summed E-state index contributed by atoms with van der Waals surface area (Å²) in [5, 5.41) is 9.21. The van der Waals surface area contributed by atoms with Crippen LogP contribution in [0.2, 0.25) is 0 Å². The number of carbonyl (C=O) groups is 1. The average molecular weight is 329 g/mol. The monoisotopic (exact) mass is 329 g/mol. The van der Waals surface area contributed by atoms with Crippen molar-refractivity contribution in [2.24, 2.45) is 0 Å². The summed E-state index contributed by atoms with van der Waals surface area (Å²) in [5.74, 6) is -0.570. The predicted molar refractivity (Wildman–Crippen MR) is 91.8 cm³/mol. The lowest BCUT2D eigenvalue weighted by molar-refractivity contribution is 0.0593. The van der Waals surface area contributed by atoms with Crippen molar-refractivity contribution in [3.8, 4) is 11.8 Å². The first-order valence-electron chi connectivity index (χ1n) is 7.06. The molecule has 0 bridgehead atoms. The molecule has 0 aliphatic rings. The van der Waals surface area contributed by atoms with Gasteiger partial charge in [0, 0.05) is 15.8 Å². The van der Waals surface area contributed by atoms with Crippen LogP contribution in [-0.2, 0) is 4.74 Å². The van der Waals surface area contributed by atoms with E-state index in [1.165, 1.54) is 7.11 Å². The molecule has 23 heavy (non-hydrogen) atoms. The van der Waals surface area contributed by atoms with E-state index in [1.807, 2.05) is 30.3 Å². The molecular formula is C17H19N3O2S. The zero-order valence-corrected chi connectivity index (χ0v) is 14.4. The third-order valence-electron chi connectivity index (χ3n) is 3.08. The number of methoxy groups -OCH3 is 1. The van der Waals surface area contributed by atoms with E-state index >= 15 is 0 Å². The van der Waals surface area contributed by atoms with Crippen molar-refractivity contribution in [2.75, 3.05) is 12.8 Å². The molecule has 2 N–H and O–H groups in total. The topological polar surface area (TPSA) is 81.0 Å². The number of thioether (sulfide) groups is 1. The van der Waals surface area contributed by atoms with Crippen molar-refractivity contribution in [1.29, 1.82) is 5.26 Å². The molecule has 120 valence electrons. The van der Waals surface area contributed by atoms with Crippen LogP contribution in [0.3, 0.4) is 0 Å². The van der Waals surface area contributed by atoms with Crippen molar-refractivity contribution in [1.82, 2.24) is 4.57 Å². The standard InChI is InChI=1S/C17H19N3O2S/c1-17(2,3)23-13-8-6-5-7-12(13)20-10-11(9-18)14(19)15(20)16(21)22-4/h5-8,10H,19H2,1-4H3. The van der Waals surface area contributed by atoms with Crippen molar-refractivity contribution in [3.63, 3.8) is 0 Å². The molecule has 0 amide bonds. The Morgan fingerprint density at radius 1 is 1.35 bits per heavy atom. The maximum Gasteiger partial charge on any atom is 0.357 e. The number of rotatable bonds is 3. The highest BCUT2D eigenvalue weighted by Crippen LogP contribution is 2.37. The average Bonchev–Trinajstić information content (AvgIpc) is 2.82. The molecule has 5 nitrogen and oxygen atoms in total. The minimum Gasteiger partial charge on any atom is -0.464 e. The number of nitrogens with zero attached hydrogens (tertiary/aromatic N) is 2. The maximum atomic E-state index is 12.1. The van der Waals surface area contributed by atoms with E-state index in [0.717, 1.165) is 10.6 Å². The normalized spacial score (nSPS) is 11.1. The molecule has 0 saturated carbocycles. The SMILES string of the molecule is COC(=O)c1c(N)c(C#N)cn1-c1ccccc1SC(C)(C)C. The van der Waals surface area contributed by atoms with E-state index in [4.69, 9.17) is 10.5 Å². The molecule has 0 atom stereocenters. The number of nitrogens with two attached hydrogens (primary N) is 1. The van der Waals surface area contributed by atoms with Gasteiger partial charge >= 0.3 is 5.97 Å². The molecule has 1 aromatic carbocycles. The molecule has 1 aromatic heterocycles. The molecule has 0 spiro atoms. The number of ether oxygens (including phenoxy) is 1. The van der Waals surface area contributed by atoms with E-state index in [1.54, 1.807) is 22.5 Å². The van der Waals surface area contributed by atoms with Crippen LogP contribution in [0, 0.1) is 11.3 Å². The zero-order valence-electron chi connectivity index (χ0n) is 13.6. The fourth-order valence-corrected chi connectivity index (χ4v) is 3.25. The largest absolute Gasteiger partial charge is 0.464 e. The van der Waals surface area contributed by atoms with E-state index in [2.05, 4.69) is 20.8 Å². The fraction of sp³-hybridized carbons (Fsp3) is 0.294. The third kappa shape index (κ3) is 3.51. The first-order valence-corrected chi connectivity index (χ1v) is 7.87. The van der Waals surface area contributed by atoms with Gasteiger partial charge in [0.25, 0.3) is 0 Å². The zero-order chi connectivity index (χ0) is 17.2. The Kier molecular flexibility index (Phi) is 4.71. The van der Waals surface area contributed by atoms with Gasteiger partial charge in [0.05, 0.1) is 24.0 Å². The van der Waals surface area contributed by atoms with Crippen LogP contribution in [0.5, 0.6) is 0 Å². The molecule has 0 aliphatic carbocycles. The third-order valence-corrected chi connectivity index (χ3v) is 4.26. The predicted octanol–water partition coefficient (Wildman–Crippen LogP) is 3.61. The molecule has 0 unspecified atom stereocenters. The number of esters is 1. The summed E-state index contributed by atoms with van der Waals surface area (Å²) in [6.45, 7) is 6.33. The van der Waals surface area contributed by atoms with Gasteiger partial charge in [-0.2, -0.15) is 5.26 Å². The van der Waals surface area contributed by atoms with Gasteiger partial charge in [0.15, 0.2) is 5.69 Å². The number of aromatic nitrogens is 1. The Balaban J connectivity index is 2.68. The highest BCUT2D eigenvalue weighted by atomic mass is 32.2. The van der Waals surface area contributed by atoms with Gasteiger partial charge < -0.3 is 15.0 Å².